The van der Waals surface area contributed by atoms with Crippen molar-refractivity contribution in [3.8, 4) is 0 Å². The van der Waals surface area contributed by atoms with Gasteiger partial charge in [0.15, 0.2) is 5.78 Å². The van der Waals surface area contributed by atoms with Crippen LogP contribution in [-0.2, 0) is 12.8 Å². The topological polar surface area (TPSA) is 42.0 Å². The van der Waals surface area contributed by atoms with Gasteiger partial charge in [-0.25, -0.2) is 0 Å². The number of hydrogen-bond donors (Lipinski definition) is 1. The molecule has 0 saturated heterocycles. The van der Waals surface area contributed by atoms with Crippen molar-refractivity contribution < 1.29 is 4.79 Å². The van der Waals surface area contributed by atoms with E-state index in [0.717, 1.165) is 53.7 Å². The van der Waals surface area contributed by atoms with Crippen molar-refractivity contribution in [1.29, 1.82) is 0 Å². The monoisotopic (exact) mass is 350 g/mol. The zero-order valence-electron chi connectivity index (χ0n) is 13.9. The van der Waals surface area contributed by atoms with Gasteiger partial charge in [-0.05, 0) is 43.0 Å². The fourth-order valence-electron chi connectivity index (χ4n) is 3.47. The van der Waals surface area contributed by atoms with Crippen LogP contribution in [0.2, 0.25) is 5.02 Å². The van der Waals surface area contributed by atoms with Crippen molar-refractivity contribution in [2.75, 3.05) is 11.9 Å². The van der Waals surface area contributed by atoms with E-state index in [1.807, 2.05) is 36.4 Å². The van der Waals surface area contributed by atoms with E-state index in [4.69, 9.17) is 16.6 Å². The highest BCUT2D eigenvalue weighted by molar-refractivity contribution is 6.31. The maximum atomic E-state index is 12.6. The van der Waals surface area contributed by atoms with E-state index in [9.17, 15) is 4.79 Å². The number of nitrogens with zero attached hydrogens (tertiary/aromatic N) is 1. The molecule has 4 heteroatoms. The number of halogens is 1. The summed E-state index contributed by atoms with van der Waals surface area (Å²) >= 11 is 6.20. The van der Waals surface area contributed by atoms with Gasteiger partial charge in [-0.3, -0.25) is 9.78 Å². The predicted molar refractivity (Wildman–Crippen MR) is 103 cm³/mol. The van der Waals surface area contributed by atoms with Gasteiger partial charge in [0.2, 0.25) is 0 Å². The maximum Gasteiger partial charge on any atom is 0.166 e. The second-order valence-corrected chi connectivity index (χ2v) is 6.85. The number of rotatable bonds is 4. The average molecular weight is 351 g/mol. The van der Waals surface area contributed by atoms with E-state index in [0.29, 0.717) is 11.4 Å². The third-order valence-electron chi connectivity index (χ3n) is 4.68. The number of carbonyl (C=O) groups is 1. The van der Waals surface area contributed by atoms with Crippen molar-refractivity contribution in [3.63, 3.8) is 0 Å². The van der Waals surface area contributed by atoms with Crippen molar-refractivity contribution in [3.05, 3.63) is 70.4 Å². The lowest BCUT2D eigenvalue weighted by Crippen LogP contribution is -2.17. The number of anilines is 1. The minimum Gasteiger partial charge on any atom is -0.384 e. The Morgan fingerprint density at radius 1 is 1.08 bits per heavy atom. The molecule has 1 aliphatic carbocycles. The third kappa shape index (κ3) is 3.24. The summed E-state index contributed by atoms with van der Waals surface area (Å²) in [5, 5.41) is 5.08. The van der Waals surface area contributed by atoms with Crippen molar-refractivity contribution in [2.45, 2.75) is 25.7 Å². The summed E-state index contributed by atoms with van der Waals surface area (Å²) in [6, 6.07) is 16.0. The zero-order chi connectivity index (χ0) is 17.2. The summed E-state index contributed by atoms with van der Waals surface area (Å²) in [5.41, 5.74) is 4.72. The largest absolute Gasteiger partial charge is 0.384 e. The summed E-state index contributed by atoms with van der Waals surface area (Å²) in [7, 11) is 0. The Kier molecular flexibility index (Phi) is 4.41. The predicted octanol–water partition coefficient (Wildman–Crippen LogP) is 5.06. The van der Waals surface area contributed by atoms with Gasteiger partial charge in [0.25, 0.3) is 0 Å². The molecule has 3 nitrogen and oxygen atoms in total. The van der Waals surface area contributed by atoms with Gasteiger partial charge in [0.05, 0.1) is 22.5 Å². The number of ketones is 1. The van der Waals surface area contributed by atoms with Gasteiger partial charge in [-0.15, -0.1) is 0 Å². The van der Waals surface area contributed by atoms with Crippen LogP contribution in [0.15, 0.2) is 48.5 Å². The molecule has 126 valence electrons. The Morgan fingerprint density at radius 3 is 2.76 bits per heavy atom. The Bertz CT molecular complexity index is 938. The highest BCUT2D eigenvalue weighted by atomic mass is 35.5. The first-order valence-corrected chi connectivity index (χ1v) is 9.03. The Balaban J connectivity index is 1.73. The molecular formula is C21H19ClN2O. The SMILES string of the molecule is O=C1CCCc2nc3ccc(Cl)cc3c(NCCc3ccccc3)c21. The molecule has 0 unspecified atom stereocenters. The number of hydrogen-bond acceptors (Lipinski definition) is 3. The van der Waals surface area contributed by atoms with Crippen molar-refractivity contribution in [1.82, 2.24) is 4.98 Å². The first-order chi connectivity index (χ1) is 12.2. The molecule has 3 aromatic rings. The molecule has 0 saturated carbocycles. The number of aryl methyl sites for hydroxylation is 1. The molecule has 0 fully saturated rings. The van der Waals surface area contributed by atoms with Crippen LogP contribution in [0.1, 0.15) is 34.5 Å². The molecular weight excluding hydrogens is 332 g/mol. The Labute approximate surface area is 152 Å². The molecule has 1 aliphatic rings. The highest BCUT2D eigenvalue weighted by Gasteiger charge is 2.24. The van der Waals surface area contributed by atoms with Crippen molar-refractivity contribution >= 4 is 34.0 Å². The minimum atomic E-state index is 0.179. The van der Waals surface area contributed by atoms with Crippen molar-refractivity contribution in [2.24, 2.45) is 0 Å². The molecule has 1 aromatic heterocycles. The first kappa shape index (κ1) is 16.1. The van der Waals surface area contributed by atoms with E-state index < -0.39 is 0 Å². The maximum absolute atomic E-state index is 12.6. The van der Waals surface area contributed by atoms with Crippen LogP contribution in [0.25, 0.3) is 10.9 Å². The van der Waals surface area contributed by atoms with Gasteiger partial charge in [-0.2, -0.15) is 0 Å². The molecule has 0 radical (unpaired) electrons. The molecule has 25 heavy (non-hydrogen) atoms. The average Bonchev–Trinajstić information content (AvgIpc) is 2.62. The summed E-state index contributed by atoms with van der Waals surface area (Å²) in [4.78, 5) is 17.3. The quantitative estimate of drug-likeness (QED) is 0.715. The van der Waals surface area contributed by atoms with Crippen LogP contribution in [0, 0.1) is 0 Å². The summed E-state index contributed by atoms with van der Waals surface area (Å²) < 4.78 is 0. The second-order valence-electron chi connectivity index (χ2n) is 6.41. The van der Waals surface area contributed by atoms with Gasteiger partial charge >= 0.3 is 0 Å². The molecule has 0 aliphatic heterocycles. The van der Waals surface area contributed by atoms with Crippen LogP contribution in [0.4, 0.5) is 5.69 Å². The Morgan fingerprint density at radius 2 is 1.92 bits per heavy atom. The number of aromatic nitrogens is 1. The summed E-state index contributed by atoms with van der Waals surface area (Å²) in [6.45, 7) is 0.759. The fourth-order valence-corrected chi connectivity index (χ4v) is 3.64. The molecule has 4 rings (SSSR count). The van der Waals surface area contributed by atoms with E-state index in [1.54, 1.807) is 0 Å². The van der Waals surface area contributed by atoms with Crippen LogP contribution in [-0.4, -0.2) is 17.3 Å². The highest BCUT2D eigenvalue weighted by Crippen LogP contribution is 2.34. The van der Waals surface area contributed by atoms with E-state index in [-0.39, 0.29) is 5.78 Å². The van der Waals surface area contributed by atoms with Crippen LogP contribution >= 0.6 is 11.6 Å². The van der Waals surface area contributed by atoms with Gasteiger partial charge in [0, 0.05) is 23.4 Å². The van der Waals surface area contributed by atoms with Crippen LogP contribution < -0.4 is 5.32 Å². The van der Waals surface area contributed by atoms with Crippen LogP contribution in [0.3, 0.4) is 0 Å². The van der Waals surface area contributed by atoms with E-state index in [2.05, 4.69) is 17.4 Å². The number of nitrogens with one attached hydrogen (secondary N) is 1. The Hall–Kier alpha value is -2.39. The van der Waals surface area contributed by atoms with Gasteiger partial charge in [0.1, 0.15) is 0 Å². The first-order valence-electron chi connectivity index (χ1n) is 8.65. The molecule has 0 amide bonds. The van der Waals surface area contributed by atoms with E-state index >= 15 is 0 Å². The molecule has 0 bridgehead atoms. The number of pyridine rings is 1. The lowest BCUT2D eigenvalue weighted by Gasteiger charge is -2.21. The van der Waals surface area contributed by atoms with Crippen LogP contribution in [0.5, 0.6) is 0 Å². The normalized spacial score (nSPS) is 13.7. The zero-order valence-corrected chi connectivity index (χ0v) is 14.6. The molecule has 0 atom stereocenters. The summed E-state index contributed by atoms with van der Waals surface area (Å²) in [5.74, 6) is 0.179. The van der Waals surface area contributed by atoms with Gasteiger partial charge < -0.3 is 5.32 Å². The lowest BCUT2D eigenvalue weighted by molar-refractivity contribution is 0.0972. The molecule has 0 spiro atoms. The molecule has 1 N–H and O–H groups in total. The fraction of sp³-hybridized carbons (Fsp3) is 0.238. The number of Topliss-reactive ketones (excluding diaryl/α,β-unsaturated/α-hetero) is 1. The minimum absolute atomic E-state index is 0.179. The standard InChI is InChI=1S/C21H19ClN2O/c22-15-9-10-17-16(13-15)21(20-18(24-17)7-4-8-19(20)25)23-12-11-14-5-2-1-3-6-14/h1-3,5-6,9-10,13H,4,7-8,11-12H2,(H,23,24). The smallest absolute Gasteiger partial charge is 0.166 e. The molecule has 2 aromatic carbocycles. The lowest BCUT2D eigenvalue weighted by atomic mass is 9.91. The number of benzene rings is 2. The number of fused-ring (bicyclic) bond motifs is 2. The van der Waals surface area contributed by atoms with Gasteiger partial charge in [-0.1, -0.05) is 41.9 Å². The van der Waals surface area contributed by atoms with E-state index in [1.165, 1.54) is 5.56 Å². The molecule has 1 heterocycles. The third-order valence-corrected chi connectivity index (χ3v) is 4.91. The second kappa shape index (κ2) is 6.85. The summed E-state index contributed by atoms with van der Waals surface area (Å²) in [6.07, 6.45) is 3.22. The number of carbonyl (C=O) groups excluding carboxylic acids is 1.